The van der Waals surface area contributed by atoms with Crippen LogP contribution in [0.15, 0.2) is 12.2 Å². The number of allylic oxidation sites excluding steroid dienone is 2. The maximum absolute atomic E-state index is 13.2. The van der Waals surface area contributed by atoms with E-state index < -0.39 is 35.6 Å². The second-order valence-electron chi connectivity index (χ2n) is 11.7. The van der Waals surface area contributed by atoms with Gasteiger partial charge in [0.05, 0.1) is 12.2 Å². The molecule has 1 saturated heterocycles. The molecule has 1 aliphatic heterocycles. The van der Waals surface area contributed by atoms with Gasteiger partial charge in [0.15, 0.2) is 23.0 Å². The number of hydrogen-bond acceptors (Lipinski definition) is 6. The Morgan fingerprint density at radius 2 is 2.00 bits per heavy atom. The Kier molecular flexibility index (Phi) is 3.45. The minimum Gasteiger partial charge on any atom is -0.393 e. The number of carbonyl (C=O) groups excluding carboxylic acids is 2. The van der Waals surface area contributed by atoms with E-state index in [1.165, 1.54) is 0 Å². The number of carbonyl (C=O) groups is 2. The molecule has 5 aliphatic carbocycles. The smallest absolute Gasteiger partial charge is 0.193 e. The van der Waals surface area contributed by atoms with Gasteiger partial charge < -0.3 is 19.7 Å². The molecule has 6 nitrogen and oxygen atoms in total. The number of hydrogen-bond donors (Lipinski definition) is 2. The number of Topliss-reactive ketones (excluding diaryl/α,β-unsaturated/α-hetero) is 1. The normalized spacial score (nSPS) is 59.2. The van der Waals surface area contributed by atoms with Crippen LogP contribution in [0.5, 0.6) is 0 Å². The third kappa shape index (κ3) is 1.78. The first kappa shape index (κ1) is 19.6. The molecule has 0 bridgehead atoms. The molecule has 0 radical (unpaired) electrons. The number of ketones is 2. The molecule has 164 valence electrons. The van der Waals surface area contributed by atoms with E-state index in [9.17, 15) is 19.8 Å². The van der Waals surface area contributed by atoms with Gasteiger partial charge in [-0.15, -0.1) is 0 Å². The fraction of sp³-hybridized carbons (Fsp3) is 0.833. The van der Waals surface area contributed by atoms with Crippen molar-refractivity contribution in [3.63, 3.8) is 0 Å². The van der Waals surface area contributed by atoms with Gasteiger partial charge in [0.1, 0.15) is 6.61 Å². The first-order valence-electron chi connectivity index (χ1n) is 11.4. The molecular weight excluding hydrogens is 384 g/mol. The predicted molar refractivity (Wildman–Crippen MR) is 106 cm³/mol. The minimum atomic E-state index is -1.23. The number of ether oxygens (including phenoxy) is 2. The monoisotopic (exact) mass is 416 g/mol. The van der Waals surface area contributed by atoms with Crippen LogP contribution in [0.2, 0.25) is 0 Å². The van der Waals surface area contributed by atoms with Crippen LogP contribution in [0.4, 0.5) is 0 Å². The maximum atomic E-state index is 13.2. The zero-order valence-corrected chi connectivity index (χ0v) is 18.2. The largest absolute Gasteiger partial charge is 0.393 e. The Balaban J connectivity index is 1.44. The highest BCUT2D eigenvalue weighted by molar-refractivity contribution is 6.00. The van der Waals surface area contributed by atoms with Gasteiger partial charge >= 0.3 is 0 Å². The van der Waals surface area contributed by atoms with Crippen LogP contribution < -0.4 is 0 Å². The van der Waals surface area contributed by atoms with E-state index in [1.807, 2.05) is 13.8 Å². The molecule has 6 aliphatic rings. The molecule has 10 atom stereocenters. The van der Waals surface area contributed by atoms with E-state index in [1.54, 1.807) is 6.08 Å². The lowest BCUT2D eigenvalue weighted by Gasteiger charge is -2.57. The Morgan fingerprint density at radius 1 is 1.27 bits per heavy atom. The highest BCUT2D eigenvalue weighted by Crippen LogP contribution is 2.84. The summed E-state index contributed by atoms with van der Waals surface area (Å²) in [6, 6.07) is 0. The van der Waals surface area contributed by atoms with E-state index in [0.717, 1.165) is 12.8 Å². The molecule has 0 amide bonds. The summed E-state index contributed by atoms with van der Waals surface area (Å²) in [5, 5.41) is 21.4. The molecule has 6 heteroatoms. The van der Waals surface area contributed by atoms with Gasteiger partial charge in [0, 0.05) is 16.7 Å². The van der Waals surface area contributed by atoms with Gasteiger partial charge in [-0.25, -0.2) is 0 Å². The summed E-state index contributed by atoms with van der Waals surface area (Å²) in [5.74, 6) is -0.632. The highest BCUT2D eigenvalue weighted by Gasteiger charge is 2.85. The molecule has 4 saturated carbocycles. The second-order valence-corrected chi connectivity index (χ2v) is 11.7. The molecule has 1 spiro atoms. The average molecular weight is 417 g/mol. The van der Waals surface area contributed by atoms with Crippen molar-refractivity contribution in [3.05, 3.63) is 12.2 Å². The third-order valence-corrected chi connectivity index (χ3v) is 10.5. The fourth-order valence-electron chi connectivity index (χ4n) is 9.62. The van der Waals surface area contributed by atoms with Crippen LogP contribution in [-0.2, 0) is 19.1 Å². The lowest BCUT2D eigenvalue weighted by atomic mass is 9.49. The highest BCUT2D eigenvalue weighted by atomic mass is 16.8. The molecule has 2 N–H and O–H groups in total. The Bertz CT molecular complexity index is 894. The Hall–Kier alpha value is -1.08. The molecule has 5 fully saturated rings. The second kappa shape index (κ2) is 5.28. The van der Waals surface area contributed by atoms with Gasteiger partial charge in [-0.3, -0.25) is 9.59 Å². The van der Waals surface area contributed by atoms with Crippen LogP contribution >= 0.6 is 0 Å². The summed E-state index contributed by atoms with van der Waals surface area (Å²) in [6.45, 7) is 7.29. The predicted octanol–water partition coefficient (Wildman–Crippen LogP) is 2.02. The number of fused-ring (bicyclic) bond motifs is 7. The van der Waals surface area contributed by atoms with Crippen molar-refractivity contribution < 1.29 is 29.3 Å². The summed E-state index contributed by atoms with van der Waals surface area (Å²) in [5.41, 5.74) is -2.12. The van der Waals surface area contributed by atoms with Gasteiger partial charge in [0.2, 0.25) is 0 Å². The zero-order valence-electron chi connectivity index (χ0n) is 18.2. The van der Waals surface area contributed by atoms with Gasteiger partial charge in [-0.2, -0.15) is 0 Å². The zero-order chi connectivity index (χ0) is 21.5. The van der Waals surface area contributed by atoms with E-state index in [4.69, 9.17) is 9.47 Å². The molecule has 0 unspecified atom stereocenters. The first-order valence-corrected chi connectivity index (χ1v) is 11.4. The Morgan fingerprint density at radius 3 is 2.70 bits per heavy atom. The van der Waals surface area contributed by atoms with Crippen molar-refractivity contribution in [1.82, 2.24) is 0 Å². The first-order chi connectivity index (χ1) is 14.0. The van der Waals surface area contributed by atoms with E-state index >= 15 is 0 Å². The van der Waals surface area contributed by atoms with Crippen molar-refractivity contribution in [3.8, 4) is 0 Å². The van der Waals surface area contributed by atoms with Gasteiger partial charge in [-0.05, 0) is 68.8 Å². The van der Waals surface area contributed by atoms with Crippen molar-refractivity contribution in [1.29, 1.82) is 0 Å². The Labute approximate surface area is 177 Å². The van der Waals surface area contributed by atoms with Crippen LogP contribution in [-0.4, -0.2) is 52.0 Å². The quantitative estimate of drug-likeness (QED) is 0.715. The van der Waals surface area contributed by atoms with Crippen LogP contribution in [0, 0.1) is 39.9 Å². The average Bonchev–Trinajstić information content (AvgIpc) is 2.86. The molecule has 6 rings (SSSR count). The van der Waals surface area contributed by atoms with Crippen molar-refractivity contribution in [2.24, 2.45) is 39.9 Å². The number of rotatable bonds is 2. The van der Waals surface area contributed by atoms with Gasteiger partial charge in [-0.1, -0.05) is 19.9 Å². The third-order valence-electron chi connectivity index (χ3n) is 10.5. The summed E-state index contributed by atoms with van der Waals surface area (Å²) < 4.78 is 12.6. The standard InChI is InChI=1S/C24H32O6/c1-20(2)29-17-9-13-12-5-7-23-8-6-14(26)19(23)22(23,4)18(12)15(27)10-21(13,3)24(17,30-20)16(28)11-25/h6,8,12-13,15,17-19,25,27H,5,7,9-11H2,1-4H3/t12-,13-,15-,17+,18+,19+,21-,22-,23+,24+/m0/s1. The fourth-order valence-corrected chi connectivity index (χ4v) is 9.62. The van der Waals surface area contributed by atoms with Crippen LogP contribution in [0.1, 0.15) is 53.4 Å². The van der Waals surface area contributed by atoms with Crippen LogP contribution in [0.3, 0.4) is 0 Å². The molecule has 1 heterocycles. The number of aliphatic hydroxyl groups is 2. The topological polar surface area (TPSA) is 93.1 Å². The summed E-state index contributed by atoms with van der Waals surface area (Å²) in [4.78, 5) is 25.8. The van der Waals surface area contributed by atoms with Crippen molar-refractivity contribution in [2.75, 3.05) is 6.61 Å². The molecule has 0 aromatic heterocycles. The summed E-state index contributed by atoms with van der Waals surface area (Å²) >= 11 is 0. The lowest BCUT2D eigenvalue weighted by Crippen LogP contribution is -2.63. The SMILES string of the molecule is CC1(C)O[C@@H]2C[C@H]3[C@@H]4CC[C@@]56C=CC(=O)[C@@H]5[C@]6(C)[C@H]4[C@@H](O)C[C@]3(C)[C@]2(C(=O)CO)O1. The van der Waals surface area contributed by atoms with Crippen LogP contribution in [0.25, 0.3) is 0 Å². The van der Waals surface area contributed by atoms with E-state index in [0.29, 0.717) is 12.8 Å². The summed E-state index contributed by atoms with van der Waals surface area (Å²) in [7, 11) is 0. The molecular formula is C24H32O6. The lowest BCUT2D eigenvalue weighted by molar-refractivity contribution is -0.226. The molecule has 30 heavy (non-hydrogen) atoms. The number of aliphatic hydroxyl groups excluding tert-OH is 2. The molecule has 0 aromatic rings. The maximum Gasteiger partial charge on any atom is 0.193 e. The van der Waals surface area contributed by atoms with Crippen molar-refractivity contribution >= 4 is 11.6 Å². The van der Waals surface area contributed by atoms with E-state index in [2.05, 4.69) is 19.9 Å². The minimum absolute atomic E-state index is 0.000578. The van der Waals surface area contributed by atoms with Crippen molar-refractivity contribution in [2.45, 2.75) is 77.0 Å². The summed E-state index contributed by atoms with van der Waals surface area (Å²) in [6.07, 6.45) is 5.84. The van der Waals surface area contributed by atoms with E-state index in [-0.39, 0.29) is 46.1 Å². The molecule has 0 aromatic carbocycles. The van der Waals surface area contributed by atoms with Gasteiger partial charge in [0.25, 0.3) is 0 Å².